The third-order valence-corrected chi connectivity index (χ3v) is 6.12. The molecule has 2 aliphatic rings. The third-order valence-electron chi connectivity index (χ3n) is 6.12. The molecule has 2 N–H and O–H groups in total. The Morgan fingerprint density at radius 2 is 1.82 bits per heavy atom. The highest BCUT2D eigenvalue weighted by Crippen LogP contribution is 2.63. The van der Waals surface area contributed by atoms with Gasteiger partial charge in [0.05, 0.1) is 5.56 Å². The Labute approximate surface area is 159 Å². The third kappa shape index (κ3) is 2.68. The standard InChI is InChI=1S/C21H18F3NO3/c22-21(23,24)16-4-2-1-3-15(16)14-6-5-13-7-8-19(9-10-19)20(12-26,17(13)11-14)25-18(27)28/h1-6,11-12,25H,7-10H2,(H,27,28)/t20-/m1/s1. The highest BCUT2D eigenvalue weighted by atomic mass is 19.4. The number of hydrogen-bond donors (Lipinski definition) is 2. The lowest BCUT2D eigenvalue weighted by molar-refractivity contribution is -0.137. The summed E-state index contributed by atoms with van der Waals surface area (Å²) in [6, 6.07) is 10.1. The number of hydrogen-bond acceptors (Lipinski definition) is 2. The maximum atomic E-state index is 13.5. The summed E-state index contributed by atoms with van der Waals surface area (Å²) in [5.41, 5.74) is -1.14. The Balaban J connectivity index is 1.92. The zero-order valence-electron chi connectivity index (χ0n) is 14.8. The quantitative estimate of drug-likeness (QED) is 0.744. The molecule has 0 unspecified atom stereocenters. The summed E-state index contributed by atoms with van der Waals surface area (Å²) >= 11 is 0. The normalized spacial score (nSPS) is 22.4. The number of rotatable bonds is 3. The van der Waals surface area contributed by atoms with Crippen LogP contribution in [0, 0.1) is 5.41 Å². The fourth-order valence-electron chi connectivity index (χ4n) is 4.55. The maximum absolute atomic E-state index is 13.5. The van der Waals surface area contributed by atoms with Crippen LogP contribution >= 0.6 is 0 Å². The van der Waals surface area contributed by atoms with Crippen LogP contribution in [0.2, 0.25) is 0 Å². The van der Waals surface area contributed by atoms with E-state index in [1.165, 1.54) is 18.2 Å². The first-order valence-corrected chi connectivity index (χ1v) is 9.00. The Bertz CT molecular complexity index is 966. The topological polar surface area (TPSA) is 66.4 Å². The summed E-state index contributed by atoms with van der Waals surface area (Å²) < 4.78 is 40.4. The summed E-state index contributed by atoms with van der Waals surface area (Å²) in [6.45, 7) is 0. The molecule has 1 saturated carbocycles. The van der Waals surface area contributed by atoms with Crippen molar-refractivity contribution < 1.29 is 27.9 Å². The van der Waals surface area contributed by atoms with Crippen molar-refractivity contribution in [3.05, 3.63) is 59.2 Å². The number of aldehydes is 1. The Hall–Kier alpha value is -2.83. The minimum Gasteiger partial charge on any atom is -0.465 e. The van der Waals surface area contributed by atoms with Gasteiger partial charge in [0.2, 0.25) is 0 Å². The molecule has 2 aromatic carbocycles. The number of alkyl halides is 3. The molecule has 0 heterocycles. The number of carboxylic acid groups (broad SMARTS) is 1. The summed E-state index contributed by atoms with van der Waals surface area (Å²) in [4.78, 5) is 23.7. The highest BCUT2D eigenvalue weighted by Gasteiger charge is 2.63. The molecule has 0 bridgehead atoms. The molecule has 28 heavy (non-hydrogen) atoms. The van der Waals surface area contributed by atoms with Crippen LogP contribution in [0.1, 0.15) is 36.0 Å². The van der Waals surface area contributed by atoms with Crippen molar-refractivity contribution >= 4 is 12.4 Å². The molecule has 146 valence electrons. The fraction of sp³-hybridized carbons (Fsp3) is 0.333. The Morgan fingerprint density at radius 1 is 1.11 bits per heavy atom. The van der Waals surface area contributed by atoms with E-state index in [2.05, 4.69) is 5.32 Å². The minimum atomic E-state index is -4.52. The largest absolute Gasteiger partial charge is 0.465 e. The van der Waals surface area contributed by atoms with E-state index in [0.717, 1.165) is 11.6 Å². The zero-order chi connectivity index (χ0) is 20.2. The number of carbonyl (C=O) groups excluding carboxylic acids is 1. The average Bonchev–Trinajstić information content (AvgIpc) is 3.44. The van der Waals surface area contributed by atoms with E-state index >= 15 is 0 Å². The molecule has 1 fully saturated rings. The van der Waals surface area contributed by atoms with Crippen molar-refractivity contribution in [3.63, 3.8) is 0 Å². The lowest BCUT2D eigenvalue weighted by Gasteiger charge is -2.42. The number of nitrogens with one attached hydrogen (secondary N) is 1. The molecule has 7 heteroatoms. The van der Waals surface area contributed by atoms with Gasteiger partial charge in [-0.3, -0.25) is 0 Å². The van der Waals surface area contributed by atoms with Gasteiger partial charge in [0.1, 0.15) is 5.54 Å². The Kier molecular flexibility index (Phi) is 4.03. The first-order valence-electron chi connectivity index (χ1n) is 9.00. The van der Waals surface area contributed by atoms with E-state index in [9.17, 15) is 27.9 Å². The van der Waals surface area contributed by atoms with Crippen LogP contribution in [0.25, 0.3) is 11.1 Å². The SMILES string of the molecule is O=C[C@@]1(NC(=O)O)c2cc(-c3ccccc3C(F)(F)F)ccc2CCC12CC2. The molecule has 0 aliphatic heterocycles. The van der Waals surface area contributed by atoms with Gasteiger partial charge in [-0.1, -0.05) is 30.3 Å². The number of aryl methyl sites for hydroxylation is 1. The fourth-order valence-corrected chi connectivity index (χ4v) is 4.55. The lowest BCUT2D eigenvalue weighted by atomic mass is 9.66. The number of carbonyl (C=O) groups is 2. The van der Waals surface area contributed by atoms with Gasteiger partial charge in [-0.2, -0.15) is 13.2 Å². The van der Waals surface area contributed by atoms with E-state index in [-0.39, 0.29) is 5.56 Å². The van der Waals surface area contributed by atoms with Gasteiger partial charge < -0.3 is 15.2 Å². The van der Waals surface area contributed by atoms with E-state index < -0.39 is 28.8 Å². The van der Waals surface area contributed by atoms with Crippen LogP contribution in [0.15, 0.2) is 42.5 Å². The van der Waals surface area contributed by atoms with Crippen LogP contribution in [-0.2, 0) is 22.9 Å². The summed E-state index contributed by atoms with van der Waals surface area (Å²) in [5.74, 6) is 0. The average molecular weight is 389 g/mol. The van der Waals surface area contributed by atoms with Gasteiger partial charge in [0, 0.05) is 5.41 Å². The highest BCUT2D eigenvalue weighted by molar-refractivity contribution is 5.82. The number of fused-ring (bicyclic) bond motifs is 1. The number of halogens is 3. The Morgan fingerprint density at radius 3 is 2.43 bits per heavy atom. The monoisotopic (exact) mass is 389 g/mol. The van der Waals surface area contributed by atoms with E-state index in [4.69, 9.17) is 0 Å². The second-order valence-corrected chi connectivity index (χ2v) is 7.55. The molecular formula is C21H18F3NO3. The van der Waals surface area contributed by atoms with Crippen LogP contribution in [-0.4, -0.2) is 17.5 Å². The molecule has 4 nitrogen and oxygen atoms in total. The molecule has 1 atom stereocenters. The maximum Gasteiger partial charge on any atom is 0.417 e. The van der Waals surface area contributed by atoms with Gasteiger partial charge in [0.15, 0.2) is 6.29 Å². The van der Waals surface area contributed by atoms with E-state index in [1.54, 1.807) is 18.2 Å². The van der Waals surface area contributed by atoms with Crippen LogP contribution in [0.4, 0.5) is 18.0 Å². The molecule has 1 amide bonds. The zero-order valence-corrected chi connectivity index (χ0v) is 14.8. The summed E-state index contributed by atoms with van der Waals surface area (Å²) in [5, 5.41) is 11.8. The van der Waals surface area contributed by atoms with Crippen LogP contribution in [0.3, 0.4) is 0 Å². The van der Waals surface area contributed by atoms with Crippen LogP contribution in [0.5, 0.6) is 0 Å². The summed E-state index contributed by atoms with van der Waals surface area (Å²) in [7, 11) is 0. The summed E-state index contributed by atoms with van der Waals surface area (Å²) in [6.07, 6.45) is -2.50. The molecule has 1 spiro atoms. The van der Waals surface area contributed by atoms with Gasteiger partial charge in [-0.15, -0.1) is 0 Å². The predicted octanol–water partition coefficient (Wildman–Crippen LogP) is 4.76. The minimum absolute atomic E-state index is 0.00310. The molecule has 2 aromatic rings. The van der Waals surface area contributed by atoms with Crippen LogP contribution < -0.4 is 5.32 Å². The van der Waals surface area contributed by atoms with Crippen molar-refractivity contribution in [1.29, 1.82) is 0 Å². The lowest BCUT2D eigenvalue weighted by Crippen LogP contribution is -2.55. The van der Waals surface area contributed by atoms with Gasteiger partial charge in [0.25, 0.3) is 0 Å². The molecule has 2 aliphatic carbocycles. The molecule has 4 rings (SSSR count). The predicted molar refractivity (Wildman–Crippen MR) is 95.8 cm³/mol. The molecule has 0 aromatic heterocycles. The van der Waals surface area contributed by atoms with E-state index in [1.807, 2.05) is 0 Å². The van der Waals surface area contributed by atoms with Gasteiger partial charge in [-0.25, -0.2) is 4.79 Å². The number of amides is 1. The molecule has 0 radical (unpaired) electrons. The second-order valence-electron chi connectivity index (χ2n) is 7.55. The van der Waals surface area contributed by atoms with Crippen molar-refractivity contribution in [1.82, 2.24) is 5.32 Å². The smallest absolute Gasteiger partial charge is 0.417 e. The van der Waals surface area contributed by atoms with Crippen molar-refractivity contribution in [2.24, 2.45) is 5.41 Å². The van der Waals surface area contributed by atoms with Crippen molar-refractivity contribution in [2.75, 3.05) is 0 Å². The first kappa shape index (κ1) is 18.5. The van der Waals surface area contributed by atoms with Crippen molar-refractivity contribution in [2.45, 2.75) is 37.4 Å². The van der Waals surface area contributed by atoms with Gasteiger partial charge in [-0.05, 0) is 60.1 Å². The first-order chi connectivity index (χ1) is 13.2. The second kappa shape index (κ2) is 6.09. The van der Waals surface area contributed by atoms with Gasteiger partial charge >= 0.3 is 12.3 Å². The number of benzene rings is 2. The molecule has 0 saturated heterocycles. The molecular weight excluding hydrogens is 371 g/mol. The van der Waals surface area contributed by atoms with Crippen molar-refractivity contribution in [3.8, 4) is 11.1 Å². The van der Waals surface area contributed by atoms with E-state index in [0.29, 0.717) is 43.1 Å².